The van der Waals surface area contributed by atoms with E-state index in [0.29, 0.717) is 18.2 Å². The minimum Gasteiger partial charge on any atom is -0.355 e. The lowest BCUT2D eigenvalue weighted by Crippen LogP contribution is -2.43. The molecule has 1 aliphatic rings. The molecule has 1 unspecified atom stereocenters. The summed E-state index contributed by atoms with van der Waals surface area (Å²) in [6.45, 7) is 3.53. The molecule has 0 saturated carbocycles. The molecule has 0 radical (unpaired) electrons. The summed E-state index contributed by atoms with van der Waals surface area (Å²) in [5.41, 5.74) is 6.42. The predicted molar refractivity (Wildman–Crippen MR) is 79.3 cm³/mol. The first-order valence-electron chi connectivity index (χ1n) is 7.00. The zero-order valence-electron chi connectivity index (χ0n) is 11.5. The number of nitrogens with two attached hydrogens (primary N) is 1. The third-order valence-corrected chi connectivity index (χ3v) is 3.89. The Morgan fingerprint density at radius 1 is 1.60 bits per heavy atom. The second-order valence-electron chi connectivity index (χ2n) is 5.11. The van der Waals surface area contributed by atoms with Gasteiger partial charge < -0.3 is 11.1 Å². The quantitative estimate of drug-likeness (QED) is 0.796. The molecule has 1 atom stereocenters. The van der Waals surface area contributed by atoms with E-state index in [1.54, 1.807) is 6.20 Å². The third-order valence-electron chi connectivity index (χ3n) is 3.55. The number of rotatable bonds is 5. The van der Waals surface area contributed by atoms with E-state index in [4.69, 9.17) is 17.3 Å². The number of amides is 1. The number of nitrogens with one attached hydrogen (secondary N) is 1. The molecular formula is C14H21ClN4O. The summed E-state index contributed by atoms with van der Waals surface area (Å²) in [7, 11) is 0. The summed E-state index contributed by atoms with van der Waals surface area (Å²) in [4.78, 5) is 18.3. The molecule has 0 aliphatic carbocycles. The van der Waals surface area contributed by atoms with E-state index in [2.05, 4.69) is 15.2 Å². The maximum atomic E-state index is 12.0. The van der Waals surface area contributed by atoms with Crippen LogP contribution in [0.3, 0.4) is 0 Å². The van der Waals surface area contributed by atoms with Gasteiger partial charge in [0.25, 0.3) is 0 Å². The molecule has 2 heterocycles. The molecule has 1 amide bonds. The normalized spacial score (nSPS) is 19.8. The summed E-state index contributed by atoms with van der Waals surface area (Å²) < 4.78 is 0. The number of likely N-dealkylation sites (tertiary alicyclic amines) is 1. The van der Waals surface area contributed by atoms with Crippen LogP contribution in [0, 0.1) is 5.92 Å². The summed E-state index contributed by atoms with van der Waals surface area (Å²) in [6, 6.07) is 3.87. The van der Waals surface area contributed by atoms with Gasteiger partial charge in [-0.1, -0.05) is 17.7 Å². The van der Waals surface area contributed by atoms with Crippen molar-refractivity contribution in [3.8, 4) is 0 Å². The van der Waals surface area contributed by atoms with Gasteiger partial charge in [-0.25, -0.2) is 4.98 Å². The van der Waals surface area contributed by atoms with E-state index in [1.807, 2.05) is 12.1 Å². The lowest BCUT2D eigenvalue weighted by Gasteiger charge is -2.32. The van der Waals surface area contributed by atoms with Crippen molar-refractivity contribution in [3.05, 3.63) is 29.0 Å². The highest BCUT2D eigenvalue weighted by molar-refractivity contribution is 6.30. The zero-order chi connectivity index (χ0) is 14.4. The van der Waals surface area contributed by atoms with Crippen LogP contribution in [0.4, 0.5) is 0 Å². The van der Waals surface area contributed by atoms with Crippen molar-refractivity contribution in [3.63, 3.8) is 0 Å². The van der Waals surface area contributed by atoms with E-state index < -0.39 is 0 Å². The molecule has 1 saturated heterocycles. The maximum absolute atomic E-state index is 12.0. The van der Waals surface area contributed by atoms with Gasteiger partial charge in [-0.2, -0.15) is 0 Å². The third kappa shape index (κ3) is 4.16. The number of halogens is 1. The number of piperidine rings is 1. The Balaban J connectivity index is 1.90. The molecule has 3 N–H and O–H groups in total. The first kappa shape index (κ1) is 15.2. The number of hydrogen-bond donors (Lipinski definition) is 2. The predicted octanol–water partition coefficient (Wildman–Crippen LogP) is 1.02. The Bertz CT molecular complexity index is 455. The van der Waals surface area contributed by atoms with Crippen LogP contribution in [0.1, 0.15) is 18.4 Å². The topological polar surface area (TPSA) is 71.2 Å². The molecular weight excluding hydrogens is 276 g/mol. The molecule has 1 aromatic rings. The van der Waals surface area contributed by atoms with Gasteiger partial charge in [0.05, 0.1) is 5.92 Å². The number of pyridine rings is 1. The second kappa shape index (κ2) is 7.57. The molecule has 5 nitrogen and oxygen atoms in total. The Morgan fingerprint density at radius 2 is 2.45 bits per heavy atom. The number of carbonyl (C=O) groups excluding carboxylic acids is 1. The lowest BCUT2D eigenvalue weighted by atomic mass is 9.97. The van der Waals surface area contributed by atoms with E-state index in [1.165, 1.54) is 0 Å². The van der Waals surface area contributed by atoms with Gasteiger partial charge in [-0.3, -0.25) is 9.69 Å². The van der Waals surface area contributed by atoms with E-state index in [9.17, 15) is 4.79 Å². The van der Waals surface area contributed by atoms with E-state index in [-0.39, 0.29) is 11.8 Å². The first-order valence-corrected chi connectivity index (χ1v) is 7.38. The van der Waals surface area contributed by atoms with Crippen LogP contribution >= 0.6 is 11.6 Å². The highest BCUT2D eigenvalue weighted by Gasteiger charge is 2.25. The van der Waals surface area contributed by atoms with Gasteiger partial charge in [0.15, 0.2) is 0 Å². The van der Waals surface area contributed by atoms with Crippen molar-refractivity contribution in [1.82, 2.24) is 15.2 Å². The Hall–Kier alpha value is -1.17. The summed E-state index contributed by atoms with van der Waals surface area (Å²) in [5.74, 6) is 0.156. The number of aromatic nitrogens is 1. The van der Waals surface area contributed by atoms with Gasteiger partial charge in [-0.15, -0.1) is 0 Å². The van der Waals surface area contributed by atoms with Crippen LogP contribution in [0.25, 0.3) is 0 Å². The highest BCUT2D eigenvalue weighted by Crippen LogP contribution is 2.21. The van der Waals surface area contributed by atoms with Crippen molar-refractivity contribution in [1.29, 1.82) is 0 Å². The molecule has 110 valence electrons. The molecule has 2 rings (SSSR count). The number of nitrogens with zero attached hydrogens (tertiary/aromatic N) is 2. The fourth-order valence-electron chi connectivity index (χ4n) is 2.53. The van der Waals surface area contributed by atoms with Crippen molar-refractivity contribution in [2.45, 2.75) is 19.4 Å². The van der Waals surface area contributed by atoms with Crippen molar-refractivity contribution >= 4 is 17.5 Å². The van der Waals surface area contributed by atoms with Crippen LogP contribution in [-0.2, 0) is 11.3 Å². The molecule has 1 fully saturated rings. The van der Waals surface area contributed by atoms with Crippen LogP contribution in [0.5, 0.6) is 0 Å². The monoisotopic (exact) mass is 296 g/mol. The van der Waals surface area contributed by atoms with Crippen molar-refractivity contribution in [2.75, 3.05) is 26.2 Å². The van der Waals surface area contributed by atoms with Crippen LogP contribution < -0.4 is 11.1 Å². The second-order valence-corrected chi connectivity index (χ2v) is 5.47. The zero-order valence-corrected chi connectivity index (χ0v) is 12.3. The largest absolute Gasteiger partial charge is 0.355 e. The summed E-state index contributed by atoms with van der Waals surface area (Å²) >= 11 is 6.08. The maximum Gasteiger partial charge on any atom is 0.224 e. The van der Waals surface area contributed by atoms with E-state index >= 15 is 0 Å². The SMILES string of the molecule is NCCNC(=O)C1CCCN(Cc2cccnc2Cl)C1. The Labute approximate surface area is 124 Å². The number of carbonyl (C=O) groups is 1. The molecule has 0 aromatic carbocycles. The first-order chi connectivity index (χ1) is 9.70. The fourth-order valence-corrected chi connectivity index (χ4v) is 2.71. The Kier molecular flexibility index (Phi) is 5.76. The molecule has 0 spiro atoms. The van der Waals surface area contributed by atoms with Crippen LogP contribution in [-0.4, -0.2) is 42.0 Å². The molecule has 6 heteroatoms. The van der Waals surface area contributed by atoms with Gasteiger partial charge >= 0.3 is 0 Å². The summed E-state index contributed by atoms with van der Waals surface area (Å²) in [6.07, 6.45) is 3.65. The van der Waals surface area contributed by atoms with Gasteiger partial charge in [-0.05, 0) is 25.5 Å². The molecule has 0 bridgehead atoms. The number of hydrogen-bond acceptors (Lipinski definition) is 4. The lowest BCUT2D eigenvalue weighted by molar-refractivity contribution is -0.126. The molecule has 1 aliphatic heterocycles. The minimum absolute atomic E-state index is 0.0470. The van der Waals surface area contributed by atoms with Gasteiger partial charge in [0.1, 0.15) is 5.15 Å². The smallest absolute Gasteiger partial charge is 0.224 e. The fraction of sp³-hybridized carbons (Fsp3) is 0.571. The highest BCUT2D eigenvalue weighted by atomic mass is 35.5. The van der Waals surface area contributed by atoms with E-state index in [0.717, 1.165) is 38.0 Å². The standard InChI is InChI=1S/C14H21ClN4O/c15-13-11(3-1-6-17-13)9-19-8-2-4-12(10-19)14(20)18-7-5-16/h1,3,6,12H,2,4-5,7-10,16H2,(H,18,20). The molecule has 1 aromatic heterocycles. The van der Waals surface area contributed by atoms with Gasteiger partial charge in [0, 0.05) is 37.9 Å². The van der Waals surface area contributed by atoms with Crippen molar-refractivity contribution in [2.24, 2.45) is 11.7 Å². The summed E-state index contributed by atoms with van der Waals surface area (Å²) in [5, 5.41) is 3.41. The average molecular weight is 297 g/mol. The molecule has 20 heavy (non-hydrogen) atoms. The van der Waals surface area contributed by atoms with Crippen LogP contribution in [0.15, 0.2) is 18.3 Å². The van der Waals surface area contributed by atoms with Crippen molar-refractivity contribution < 1.29 is 4.79 Å². The minimum atomic E-state index is 0.0470. The Morgan fingerprint density at radius 3 is 3.20 bits per heavy atom. The average Bonchev–Trinajstić information content (AvgIpc) is 2.47. The van der Waals surface area contributed by atoms with Crippen LogP contribution in [0.2, 0.25) is 5.15 Å². The van der Waals surface area contributed by atoms with Gasteiger partial charge in [0.2, 0.25) is 5.91 Å².